The SMILES string of the molecule is C/C(=N\NC(=O)c1ccccc1)c1ccc(C#N)cc1. The summed E-state index contributed by atoms with van der Waals surface area (Å²) in [6.45, 7) is 1.80. The second-order valence-corrected chi connectivity index (χ2v) is 4.19. The van der Waals surface area contributed by atoms with Gasteiger partial charge in [-0.05, 0) is 36.8 Å². The third kappa shape index (κ3) is 3.30. The number of hydrogen-bond acceptors (Lipinski definition) is 3. The van der Waals surface area contributed by atoms with E-state index in [1.54, 1.807) is 55.5 Å². The average Bonchev–Trinajstić information content (AvgIpc) is 2.53. The van der Waals surface area contributed by atoms with Crippen LogP contribution in [0.4, 0.5) is 0 Å². The van der Waals surface area contributed by atoms with Crippen LogP contribution in [0, 0.1) is 11.3 Å². The molecule has 0 aliphatic carbocycles. The number of hydrogen-bond donors (Lipinski definition) is 1. The van der Waals surface area contributed by atoms with E-state index in [0.717, 1.165) is 5.56 Å². The predicted octanol–water partition coefficient (Wildman–Crippen LogP) is 2.71. The Labute approximate surface area is 117 Å². The molecule has 4 heteroatoms. The number of rotatable bonds is 3. The lowest BCUT2D eigenvalue weighted by molar-refractivity contribution is 0.0955. The summed E-state index contributed by atoms with van der Waals surface area (Å²) in [6, 6.07) is 18.0. The molecule has 2 aromatic rings. The molecule has 2 aromatic carbocycles. The number of nitrogens with one attached hydrogen (secondary N) is 1. The lowest BCUT2D eigenvalue weighted by Gasteiger charge is -2.03. The van der Waals surface area contributed by atoms with Crippen LogP contribution in [0.1, 0.15) is 28.4 Å². The van der Waals surface area contributed by atoms with Crippen molar-refractivity contribution in [1.82, 2.24) is 5.43 Å². The highest BCUT2D eigenvalue weighted by molar-refractivity contribution is 6.00. The number of carbonyl (C=O) groups is 1. The standard InChI is InChI=1S/C16H13N3O/c1-12(14-9-7-13(11-17)8-10-14)18-19-16(20)15-5-3-2-4-6-15/h2-10H,1H3,(H,19,20)/b18-12+. The molecular weight excluding hydrogens is 250 g/mol. The van der Waals surface area contributed by atoms with Crippen LogP contribution < -0.4 is 5.43 Å². The van der Waals surface area contributed by atoms with Gasteiger partial charge in [0.25, 0.3) is 5.91 Å². The molecule has 1 amide bonds. The molecule has 1 N–H and O–H groups in total. The molecule has 2 rings (SSSR count). The van der Waals surface area contributed by atoms with Gasteiger partial charge < -0.3 is 0 Å². The maximum absolute atomic E-state index is 11.8. The lowest BCUT2D eigenvalue weighted by Crippen LogP contribution is -2.19. The number of hydrazone groups is 1. The Morgan fingerprint density at radius 2 is 1.70 bits per heavy atom. The molecule has 0 bridgehead atoms. The first-order valence-electron chi connectivity index (χ1n) is 6.11. The van der Waals surface area contributed by atoms with Crippen LogP contribution in [-0.2, 0) is 0 Å². The quantitative estimate of drug-likeness (QED) is 0.683. The molecule has 0 heterocycles. The van der Waals surface area contributed by atoms with Crippen molar-refractivity contribution in [3.8, 4) is 6.07 Å². The fourth-order valence-electron chi connectivity index (χ4n) is 1.64. The van der Waals surface area contributed by atoms with E-state index in [1.807, 2.05) is 6.07 Å². The van der Waals surface area contributed by atoms with Gasteiger partial charge in [0, 0.05) is 5.56 Å². The lowest BCUT2D eigenvalue weighted by atomic mass is 10.1. The van der Waals surface area contributed by atoms with Crippen LogP contribution in [0.3, 0.4) is 0 Å². The third-order valence-electron chi connectivity index (χ3n) is 2.79. The second-order valence-electron chi connectivity index (χ2n) is 4.19. The average molecular weight is 263 g/mol. The number of carbonyl (C=O) groups excluding carboxylic acids is 1. The molecule has 0 unspecified atom stereocenters. The van der Waals surface area contributed by atoms with E-state index in [9.17, 15) is 4.79 Å². The normalized spacial score (nSPS) is 10.7. The zero-order valence-electron chi connectivity index (χ0n) is 11.0. The van der Waals surface area contributed by atoms with E-state index in [1.165, 1.54) is 0 Å². The highest BCUT2D eigenvalue weighted by atomic mass is 16.2. The summed E-state index contributed by atoms with van der Waals surface area (Å²) >= 11 is 0. The molecule has 98 valence electrons. The number of benzene rings is 2. The Morgan fingerprint density at radius 3 is 2.30 bits per heavy atom. The third-order valence-corrected chi connectivity index (χ3v) is 2.79. The van der Waals surface area contributed by atoms with E-state index < -0.39 is 0 Å². The van der Waals surface area contributed by atoms with Crippen molar-refractivity contribution in [3.05, 3.63) is 71.3 Å². The predicted molar refractivity (Wildman–Crippen MR) is 77.3 cm³/mol. The van der Waals surface area contributed by atoms with Crippen molar-refractivity contribution in [2.45, 2.75) is 6.92 Å². The number of nitriles is 1. The van der Waals surface area contributed by atoms with Crippen molar-refractivity contribution in [1.29, 1.82) is 5.26 Å². The molecule has 4 nitrogen and oxygen atoms in total. The summed E-state index contributed by atoms with van der Waals surface area (Å²) in [7, 11) is 0. The molecule has 0 radical (unpaired) electrons. The largest absolute Gasteiger partial charge is 0.271 e. The smallest absolute Gasteiger partial charge is 0.267 e. The summed E-state index contributed by atoms with van der Waals surface area (Å²) in [5, 5.41) is 12.8. The number of nitrogens with zero attached hydrogens (tertiary/aromatic N) is 2. The molecule has 0 saturated heterocycles. The maximum Gasteiger partial charge on any atom is 0.271 e. The van der Waals surface area contributed by atoms with Crippen LogP contribution in [0.25, 0.3) is 0 Å². The molecule has 0 fully saturated rings. The van der Waals surface area contributed by atoms with E-state index >= 15 is 0 Å². The molecule has 0 aromatic heterocycles. The highest BCUT2D eigenvalue weighted by Crippen LogP contribution is 2.05. The van der Waals surface area contributed by atoms with Crippen LogP contribution >= 0.6 is 0 Å². The molecule has 0 aliphatic rings. The van der Waals surface area contributed by atoms with Crippen LogP contribution in [-0.4, -0.2) is 11.6 Å². The van der Waals surface area contributed by atoms with Gasteiger partial charge in [-0.15, -0.1) is 0 Å². The minimum atomic E-state index is -0.251. The number of amides is 1. The topological polar surface area (TPSA) is 65.2 Å². The van der Waals surface area contributed by atoms with Crippen molar-refractivity contribution < 1.29 is 4.79 Å². The minimum Gasteiger partial charge on any atom is -0.267 e. The molecule has 0 spiro atoms. The molecule has 0 aliphatic heterocycles. The van der Waals surface area contributed by atoms with Crippen molar-refractivity contribution in [3.63, 3.8) is 0 Å². The van der Waals surface area contributed by atoms with Gasteiger partial charge in [-0.1, -0.05) is 30.3 Å². The van der Waals surface area contributed by atoms with E-state index in [2.05, 4.69) is 16.6 Å². The summed E-state index contributed by atoms with van der Waals surface area (Å²) in [5.41, 5.74) is 5.20. The zero-order chi connectivity index (χ0) is 14.4. The van der Waals surface area contributed by atoms with Gasteiger partial charge in [-0.2, -0.15) is 10.4 Å². The fraction of sp³-hybridized carbons (Fsp3) is 0.0625. The Kier molecular flexibility index (Phi) is 4.25. The highest BCUT2D eigenvalue weighted by Gasteiger charge is 2.03. The summed E-state index contributed by atoms with van der Waals surface area (Å²) in [4.78, 5) is 11.8. The maximum atomic E-state index is 11.8. The van der Waals surface area contributed by atoms with E-state index in [4.69, 9.17) is 5.26 Å². The van der Waals surface area contributed by atoms with Crippen LogP contribution in [0.15, 0.2) is 59.7 Å². The Hall–Kier alpha value is -2.93. The molecule has 0 saturated carbocycles. The van der Waals surface area contributed by atoms with Gasteiger partial charge in [-0.25, -0.2) is 5.43 Å². The van der Waals surface area contributed by atoms with E-state index in [0.29, 0.717) is 16.8 Å². The van der Waals surface area contributed by atoms with Gasteiger partial charge in [0.05, 0.1) is 17.3 Å². The minimum absolute atomic E-state index is 0.251. The van der Waals surface area contributed by atoms with Gasteiger partial charge in [-0.3, -0.25) is 4.79 Å². The van der Waals surface area contributed by atoms with Crippen molar-refractivity contribution >= 4 is 11.6 Å². The van der Waals surface area contributed by atoms with Gasteiger partial charge in [0.15, 0.2) is 0 Å². The summed E-state index contributed by atoms with van der Waals surface area (Å²) in [5.74, 6) is -0.251. The Bertz CT molecular complexity index is 667. The summed E-state index contributed by atoms with van der Waals surface area (Å²) < 4.78 is 0. The van der Waals surface area contributed by atoms with Crippen LogP contribution in [0.5, 0.6) is 0 Å². The van der Waals surface area contributed by atoms with Crippen molar-refractivity contribution in [2.75, 3.05) is 0 Å². The van der Waals surface area contributed by atoms with Gasteiger partial charge in [0.1, 0.15) is 0 Å². The first-order valence-corrected chi connectivity index (χ1v) is 6.11. The second kappa shape index (κ2) is 6.30. The Morgan fingerprint density at radius 1 is 1.05 bits per heavy atom. The zero-order valence-corrected chi connectivity index (χ0v) is 11.0. The molecule has 20 heavy (non-hydrogen) atoms. The molecular formula is C16H13N3O. The van der Waals surface area contributed by atoms with Crippen molar-refractivity contribution in [2.24, 2.45) is 5.10 Å². The first kappa shape index (κ1) is 13.5. The monoisotopic (exact) mass is 263 g/mol. The van der Waals surface area contributed by atoms with Crippen LogP contribution in [0.2, 0.25) is 0 Å². The van der Waals surface area contributed by atoms with Gasteiger partial charge in [0.2, 0.25) is 0 Å². The van der Waals surface area contributed by atoms with Gasteiger partial charge >= 0.3 is 0 Å². The van der Waals surface area contributed by atoms with E-state index in [-0.39, 0.29) is 5.91 Å². The first-order chi connectivity index (χ1) is 9.70. The summed E-state index contributed by atoms with van der Waals surface area (Å²) in [6.07, 6.45) is 0. The Balaban J connectivity index is 2.07. The molecule has 0 atom stereocenters. The fourth-order valence-corrected chi connectivity index (χ4v) is 1.64.